The molecular weight excluding hydrogens is 388 g/mol. The van der Waals surface area contributed by atoms with Gasteiger partial charge in [-0.05, 0) is 31.0 Å². The topological polar surface area (TPSA) is 102 Å². The minimum atomic E-state index is -0.803. The number of ether oxygens (including phenoxy) is 2. The number of benzene rings is 1. The minimum Gasteiger partial charge on any atom is -0.495 e. The number of halogens is 1. The van der Waals surface area contributed by atoms with Crippen LogP contribution in [0.25, 0.3) is 0 Å². The van der Waals surface area contributed by atoms with E-state index in [1.807, 2.05) is 0 Å². The second-order valence-corrected chi connectivity index (χ2v) is 7.23. The Hall–Kier alpha value is -2.61. The minimum absolute atomic E-state index is 0.316. The first kappa shape index (κ1) is 20.1. The molecule has 2 aliphatic rings. The van der Waals surface area contributed by atoms with E-state index in [0.29, 0.717) is 29.3 Å². The van der Waals surface area contributed by atoms with Gasteiger partial charge in [0, 0.05) is 5.69 Å². The molecule has 3 amide bonds. The number of esters is 1. The summed E-state index contributed by atoms with van der Waals surface area (Å²) in [6.45, 7) is -1.00. The molecule has 2 unspecified atom stereocenters. The Morgan fingerprint density at radius 2 is 1.82 bits per heavy atom. The monoisotopic (exact) mass is 408 g/mol. The number of carbonyl (C=O) groups excluding carboxylic acids is 4. The molecule has 0 spiro atoms. The molecule has 2 atom stereocenters. The Balaban J connectivity index is 1.49. The van der Waals surface area contributed by atoms with E-state index in [9.17, 15) is 19.2 Å². The molecule has 0 radical (unpaired) electrons. The molecule has 28 heavy (non-hydrogen) atoms. The molecule has 1 aromatic rings. The third-order valence-electron chi connectivity index (χ3n) is 5.02. The quantitative estimate of drug-likeness (QED) is 0.570. The van der Waals surface area contributed by atoms with Gasteiger partial charge in [-0.1, -0.05) is 24.4 Å². The largest absolute Gasteiger partial charge is 0.495 e. The fourth-order valence-corrected chi connectivity index (χ4v) is 3.91. The molecule has 1 saturated heterocycles. The van der Waals surface area contributed by atoms with E-state index >= 15 is 0 Å². The highest BCUT2D eigenvalue weighted by Gasteiger charge is 2.48. The molecule has 8 nitrogen and oxygen atoms in total. The summed E-state index contributed by atoms with van der Waals surface area (Å²) in [5.41, 5.74) is 0.417. The van der Waals surface area contributed by atoms with Gasteiger partial charge in [-0.2, -0.15) is 0 Å². The number of fused-ring (bicyclic) bond motifs is 1. The number of nitrogens with zero attached hydrogens (tertiary/aromatic N) is 1. The number of imide groups is 1. The van der Waals surface area contributed by atoms with E-state index in [2.05, 4.69) is 5.32 Å². The van der Waals surface area contributed by atoms with Gasteiger partial charge in [0.1, 0.15) is 12.3 Å². The summed E-state index contributed by atoms with van der Waals surface area (Å²) in [5, 5.41) is 2.86. The molecule has 1 aliphatic heterocycles. The van der Waals surface area contributed by atoms with E-state index in [-0.39, 0.29) is 23.7 Å². The van der Waals surface area contributed by atoms with Crippen molar-refractivity contribution in [3.05, 3.63) is 23.2 Å². The first-order valence-electron chi connectivity index (χ1n) is 9.05. The van der Waals surface area contributed by atoms with Crippen LogP contribution in [0.5, 0.6) is 5.75 Å². The maximum atomic E-state index is 12.3. The molecule has 1 aliphatic carbocycles. The predicted octanol–water partition coefficient (Wildman–Crippen LogP) is 2.01. The summed E-state index contributed by atoms with van der Waals surface area (Å²) in [6.07, 6.45) is 3.17. The Morgan fingerprint density at radius 1 is 1.18 bits per heavy atom. The number of likely N-dealkylation sites (tertiary alicyclic amines) is 1. The van der Waals surface area contributed by atoms with Crippen LogP contribution in [0.4, 0.5) is 5.69 Å². The van der Waals surface area contributed by atoms with E-state index in [1.54, 1.807) is 12.1 Å². The molecule has 3 rings (SSSR count). The van der Waals surface area contributed by atoms with Gasteiger partial charge >= 0.3 is 5.97 Å². The van der Waals surface area contributed by atoms with Crippen LogP contribution in [0.3, 0.4) is 0 Å². The fraction of sp³-hybridized carbons (Fsp3) is 0.474. The van der Waals surface area contributed by atoms with Crippen LogP contribution in [-0.4, -0.2) is 48.9 Å². The smallest absolute Gasteiger partial charge is 0.326 e. The molecule has 2 fully saturated rings. The third kappa shape index (κ3) is 4.27. The number of rotatable bonds is 6. The average Bonchev–Trinajstić information content (AvgIpc) is 2.92. The number of hydrogen-bond donors (Lipinski definition) is 1. The van der Waals surface area contributed by atoms with Gasteiger partial charge in [0.15, 0.2) is 6.61 Å². The molecular formula is C19H21ClN2O6. The second kappa shape index (κ2) is 8.60. The summed E-state index contributed by atoms with van der Waals surface area (Å²) in [7, 11) is 1.48. The number of nitrogens with one attached hydrogen (secondary N) is 1. The number of anilines is 1. The van der Waals surface area contributed by atoms with E-state index in [1.165, 1.54) is 13.2 Å². The van der Waals surface area contributed by atoms with Crippen LogP contribution in [0.1, 0.15) is 25.7 Å². The van der Waals surface area contributed by atoms with E-state index in [0.717, 1.165) is 17.7 Å². The van der Waals surface area contributed by atoms with Gasteiger partial charge in [-0.25, -0.2) is 0 Å². The number of hydrogen-bond acceptors (Lipinski definition) is 6. The highest BCUT2D eigenvalue weighted by atomic mass is 35.5. The second-order valence-electron chi connectivity index (χ2n) is 6.82. The van der Waals surface area contributed by atoms with Crippen LogP contribution in [0.15, 0.2) is 18.2 Å². The normalized spacial score (nSPS) is 21.3. The molecule has 0 aromatic heterocycles. The Labute approximate surface area is 167 Å². The van der Waals surface area contributed by atoms with Crippen LogP contribution in [0, 0.1) is 11.8 Å². The molecule has 150 valence electrons. The fourth-order valence-electron chi connectivity index (χ4n) is 3.65. The van der Waals surface area contributed by atoms with Crippen molar-refractivity contribution in [2.45, 2.75) is 25.7 Å². The third-order valence-corrected chi connectivity index (χ3v) is 5.31. The lowest BCUT2D eigenvalue weighted by Gasteiger charge is -2.19. The Bertz CT molecular complexity index is 788. The lowest BCUT2D eigenvalue weighted by Crippen LogP contribution is -2.37. The standard InChI is InChI=1S/C19H21ClN2O6/c1-27-15-7-6-11(8-14(15)20)21-16(23)10-28-17(24)9-22-18(25)12-4-2-3-5-13(12)19(22)26/h6-8,12-13H,2-5,9-10H2,1H3,(H,21,23). The summed E-state index contributed by atoms with van der Waals surface area (Å²) in [4.78, 5) is 49.6. The van der Waals surface area contributed by atoms with E-state index < -0.39 is 25.0 Å². The summed E-state index contributed by atoms with van der Waals surface area (Å²) in [6, 6.07) is 4.69. The Kier molecular flexibility index (Phi) is 6.18. The van der Waals surface area contributed by atoms with Crippen molar-refractivity contribution in [1.29, 1.82) is 0 Å². The summed E-state index contributed by atoms with van der Waals surface area (Å²) < 4.78 is 9.93. The molecule has 1 aromatic carbocycles. The zero-order valence-corrected chi connectivity index (χ0v) is 16.2. The van der Waals surface area contributed by atoms with Crippen LogP contribution < -0.4 is 10.1 Å². The van der Waals surface area contributed by atoms with Crippen molar-refractivity contribution in [2.75, 3.05) is 25.6 Å². The van der Waals surface area contributed by atoms with Gasteiger partial charge in [0.05, 0.1) is 24.0 Å². The van der Waals surface area contributed by atoms with Gasteiger partial charge < -0.3 is 14.8 Å². The van der Waals surface area contributed by atoms with Crippen molar-refractivity contribution >= 4 is 41.0 Å². The van der Waals surface area contributed by atoms with Gasteiger partial charge in [-0.15, -0.1) is 0 Å². The first-order chi connectivity index (χ1) is 13.4. The number of carbonyl (C=O) groups is 4. The van der Waals surface area contributed by atoms with Crippen LogP contribution in [0.2, 0.25) is 5.02 Å². The van der Waals surface area contributed by atoms with Crippen molar-refractivity contribution in [3.8, 4) is 5.75 Å². The zero-order chi connectivity index (χ0) is 20.3. The van der Waals surface area contributed by atoms with Crippen molar-refractivity contribution in [2.24, 2.45) is 11.8 Å². The molecule has 9 heteroatoms. The molecule has 1 heterocycles. The summed E-state index contributed by atoms with van der Waals surface area (Å²) >= 11 is 5.98. The average molecular weight is 409 g/mol. The zero-order valence-electron chi connectivity index (χ0n) is 15.4. The van der Waals surface area contributed by atoms with Crippen molar-refractivity contribution < 1.29 is 28.7 Å². The molecule has 0 bridgehead atoms. The van der Waals surface area contributed by atoms with Gasteiger partial charge in [0.2, 0.25) is 11.8 Å². The van der Waals surface area contributed by atoms with Crippen LogP contribution >= 0.6 is 11.6 Å². The molecule has 1 N–H and O–H groups in total. The van der Waals surface area contributed by atoms with Gasteiger partial charge in [-0.3, -0.25) is 24.1 Å². The maximum absolute atomic E-state index is 12.3. The number of methoxy groups -OCH3 is 1. The van der Waals surface area contributed by atoms with Crippen molar-refractivity contribution in [3.63, 3.8) is 0 Å². The lowest BCUT2D eigenvalue weighted by atomic mass is 9.81. The van der Waals surface area contributed by atoms with Crippen LogP contribution in [-0.2, 0) is 23.9 Å². The summed E-state index contributed by atoms with van der Waals surface area (Å²) in [5.74, 6) is -2.18. The van der Waals surface area contributed by atoms with Gasteiger partial charge in [0.25, 0.3) is 5.91 Å². The molecule has 1 saturated carbocycles. The van der Waals surface area contributed by atoms with E-state index in [4.69, 9.17) is 21.1 Å². The Morgan fingerprint density at radius 3 is 2.39 bits per heavy atom. The lowest BCUT2D eigenvalue weighted by molar-refractivity contribution is -0.154. The highest BCUT2D eigenvalue weighted by Crippen LogP contribution is 2.37. The maximum Gasteiger partial charge on any atom is 0.326 e. The number of amides is 3. The highest BCUT2D eigenvalue weighted by molar-refractivity contribution is 6.32. The predicted molar refractivity (Wildman–Crippen MR) is 99.8 cm³/mol. The first-order valence-corrected chi connectivity index (χ1v) is 9.42. The SMILES string of the molecule is COc1ccc(NC(=O)COC(=O)CN2C(=O)C3CCCCC3C2=O)cc1Cl. The van der Waals surface area contributed by atoms with Crippen molar-refractivity contribution in [1.82, 2.24) is 4.90 Å².